The second kappa shape index (κ2) is 7.25. The molecule has 0 saturated heterocycles. The zero-order chi connectivity index (χ0) is 17.8. The number of carbonyl (C=O) groups excluding carboxylic acids is 1. The average molecular weight is 370 g/mol. The van der Waals surface area contributed by atoms with E-state index in [1.54, 1.807) is 55.0 Å². The van der Waals surface area contributed by atoms with Crippen LogP contribution in [0.3, 0.4) is 0 Å². The van der Waals surface area contributed by atoms with E-state index in [-0.39, 0.29) is 4.90 Å². The van der Waals surface area contributed by atoms with Crippen LogP contribution in [0.25, 0.3) is 0 Å². The van der Waals surface area contributed by atoms with Gasteiger partial charge in [-0.3, -0.25) is 0 Å². The van der Waals surface area contributed by atoms with Gasteiger partial charge >= 0.3 is 16.3 Å². The van der Waals surface area contributed by atoms with Crippen LogP contribution in [-0.2, 0) is 18.5 Å². The second-order valence-electron chi connectivity index (χ2n) is 5.10. The molecule has 0 aromatic heterocycles. The van der Waals surface area contributed by atoms with E-state index in [2.05, 4.69) is 4.74 Å². The van der Waals surface area contributed by atoms with Crippen molar-refractivity contribution < 1.29 is 26.3 Å². The Labute approximate surface area is 143 Å². The van der Waals surface area contributed by atoms with Crippen molar-refractivity contribution in [2.45, 2.75) is 9.79 Å². The molecule has 0 aliphatic heterocycles. The van der Waals surface area contributed by atoms with Crippen molar-refractivity contribution in [3.8, 4) is 5.75 Å². The quantitative estimate of drug-likeness (QED) is 0.591. The summed E-state index contributed by atoms with van der Waals surface area (Å²) < 4.78 is 39.5. The number of ether oxygens (including phenoxy) is 2. The Morgan fingerprint density at radius 3 is 2.00 bits per heavy atom. The molecule has 0 bridgehead atoms. The summed E-state index contributed by atoms with van der Waals surface area (Å²) >= 11 is 0. The molecule has 0 saturated carbocycles. The van der Waals surface area contributed by atoms with Gasteiger partial charge in [0.2, 0.25) is 0 Å². The summed E-state index contributed by atoms with van der Waals surface area (Å²) in [4.78, 5) is 11.9. The Kier molecular flexibility index (Phi) is 5.53. The maximum Gasteiger partial charge on any atom is 0.513 e. The van der Waals surface area contributed by atoms with Gasteiger partial charge < -0.3 is 9.47 Å². The molecule has 0 fully saturated rings. The Balaban J connectivity index is 2.19. The lowest BCUT2D eigenvalue weighted by molar-refractivity contribution is 0.121. The van der Waals surface area contributed by atoms with Gasteiger partial charge in [-0.25, -0.2) is 8.42 Å². The minimum atomic E-state index is -3.87. The van der Waals surface area contributed by atoms with Crippen LogP contribution in [0.15, 0.2) is 64.4 Å². The highest BCUT2D eigenvalue weighted by Crippen LogP contribution is 2.52. The molecular formula is C16H18O6S2. The third-order valence-corrected chi connectivity index (χ3v) is 7.39. The topological polar surface area (TPSA) is 78.9 Å². The molecule has 0 amide bonds. The maximum atomic E-state index is 12.4. The highest BCUT2D eigenvalue weighted by atomic mass is 32.3. The average Bonchev–Trinajstić information content (AvgIpc) is 2.55. The smallest absolute Gasteiger partial charge is 0.437 e. The van der Waals surface area contributed by atoms with E-state index < -0.39 is 26.6 Å². The molecule has 24 heavy (non-hydrogen) atoms. The minimum Gasteiger partial charge on any atom is -0.437 e. The molecule has 0 unspecified atom stereocenters. The molecule has 8 heteroatoms. The number of rotatable bonds is 5. The number of hydrogen-bond acceptors (Lipinski definition) is 6. The highest BCUT2D eigenvalue weighted by molar-refractivity contribution is 8.32. The number of hydrogen-bond donors (Lipinski definition) is 0. The third kappa shape index (κ3) is 4.50. The normalized spacial score (nSPS) is 12.5. The fourth-order valence-electron chi connectivity index (χ4n) is 1.86. The molecule has 0 aliphatic carbocycles. The summed E-state index contributed by atoms with van der Waals surface area (Å²) in [7, 11) is -4.73. The van der Waals surface area contributed by atoms with E-state index >= 15 is 0 Å². The number of benzene rings is 2. The van der Waals surface area contributed by atoms with E-state index in [9.17, 15) is 13.2 Å². The molecule has 2 aromatic rings. The van der Waals surface area contributed by atoms with Crippen molar-refractivity contribution in [3.05, 3.63) is 54.6 Å². The predicted molar refractivity (Wildman–Crippen MR) is 91.9 cm³/mol. The fraction of sp³-hybridized carbons (Fsp3) is 0.188. The minimum absolute atomic E-state index is 0.108. The third-order valence-electron chi connectivity index (χ3n) is 3.05. The van der Waals surface area contributed by atoms with Crippen molar-refractivity contribution in [1.82, 2.24) is 0 Å². The Morgan fingerprint density at radius 1 is 0.875 bits per heavy atom. The Hall–Kier alpha value is -2.03. The highest BCUT2D eigenvalue weighted by Gasteiger charge is 2.26. The first kappa shape index (κ1) is 18.3. The first-order valence-corrected chi connectivity index (χ1v) is 10.6. The summed E-state index contributed by atoms with van der Waals surface area (Å²) in [5, 5.41) is 0. The molecule has 2 rings (SSSR count). The molecular weight excluding hydrogens is 352 g/mol. The first-order chi connectivity index (χ1) is 11.2. The Morgan fingerprint density at radius 2 is 1.46 bits per heavy atom. The van der Waals surface area contributed by atoms with Gasteiger partial charge in [-0.2, -0.15) is 8.42 Å². The first-order valence-electron chi connectivity index (χ1n) is 6.85. The largest absolute Gasteiger partial charge is 0.513 e. The van der Waals surface area contributed by atoms with E-state index in [4.69, 9.17) is 8.37 Å². The van der Waals surface area contributed by atoms with Gasteiger partial charge in [-0.15, -0.1) is 0 Å². The van der Waals surface area contributed by atoms with E-state index in [0.717, 1.165) is 0 Å². The SMILES string of the molecule is COC(=O)Oc1ccc(S(C)(C)OS(=O)(=O)c2ccccc2)cc1. The van der Waals surface area contributed by atoms with Crippen molar-refractivity contribution >= 4 is 26.6 Å². The van der Waals surface area contributed by atoms with Crippen molar-refractivity contribution in [1.29, 1.82) is 0 Å². The standard InChI is InChI=1S/C16H18O6S2/c1-20-16(17)21-13-9-11-14(12-10-13)23(2,3)22-24(18,19)15-7-5-4-6-8-15/h4-12H,1-3H3. The summed E-state index contributed by atoms with van der Waals surface area (Å²) in [5.41, 5.74) is 0. The maximum absolute atomic E-state index is 12.4. The van der Waals surface area contributed by atoms with Gasteiger partial charge in [0, 0.05) is 4.90 Å². The van der Waals surface area contributed by atoms with Crippen molar-refractivity contribution in [2.24, 2.45) is 0 Å². The van der Waals surface area contributed by atoms with Crippen LogP contribution in [0.2, 0.25) is 0 Å². The molecule has 0 N–H and O–H groups in total. The van der Waals surface area contributed by atoms with Crippen LogP contribution < -0.4 is 4.74 Å². The molecule has 0 heterocycles. The van der Waals surface area contributed by atoms with Gasteiger partial charge in [-0.1, -0.05) is 28.5 Å². The second-order valence-corrected chi connectivity index (χ2v) is 9.96. The summed E-state index contributed by atoms with van der Waals surface area (Å²) in [6.07, 6.45) is 2.63. The van der Waals surface area contributed by atoms with Crippen molar-refractivity contribution in [3.63, 3.8) is 0 Å². The Bertz CT molecular complexity index is 798. The van der Waals surface area contributed by atoms with Crippen LogP contribution >= 0.6 is 10.3 Å². The van der Waals surface area contributed by atoms with Crippen LogP contribution in [0.5, 0.6) is 5.75 Å². The fourth-order valence-corrected chi connectivity index (χ4v) is 5.57. The molecule has 130 valence electrons. The zero-order valence-corrected chi connectivity index (χ0v) is 15.1. The number of methoxy groups -OCH3 is 1. The van der Waals surface area contributed by atoms with E-state index in [1.165, 1.54) is 19.2 Å². The lowest BCUT2D eigenvalue weighted by Gasteiger charge is -2.30. The molecule has 0 radical (unpaired) electrons. The molecule has 0 spiro atoms. The predicted octanol–water partition coefficient (Wildman–Crippen LogP) is 3.58. The van der Waals surface area contributed by atoms with Crippen LogP contribution in [0.1, 0.15) is 0 Å². The van der Waals surface area contributed by atoms with Crippen LogP contribution in [0, 0.1) is 0 Å². The van der Waals surface area contributed by atoms with Gasteiger partial charge in [0.1, 0.15) is 5.75 Å². The van der Waals surface area contributed by atoms with Gasteiger partial charge in [0.15, 0.2) is 0 Å². The number of carbonyl (C=O) groups is 1. The van der Waals surface area contributed by atoms with Crippen molar-refractivity contribution in [2.75, 3.05) is 19.6 Å². The van der Waals surface area contributed by atoms with Crippen LogP contribution in [-0.4, -0.2) is 34.2 Å². The van der Waals surface area contributed by atoms with E-state index in [0.29, 0.717) is 10.6 Å². The lowest BCUT2D eigenvalue weighted by atomic mass is 10.3. The monoisotopic (exact) mass is 370 g/mol. The molecule has 2 aromatic carbocycles. The van der Waals surface area contributed by atoms with Gasteiger partial charge in [-0.05, 0) is 48.9 Å². The van der Waals surface area contributed by atoms with Gasteiger partial charge in [0.25, 0.3) is 0 Å². The lowest BCUT2D eigenvalue weighted by Crippen LogP contribution is -2.11. The van der Waals surface area contributed by atoms with Crippen LogP contribution in [0.4, 0.5) is 4.79 Å². The van der Waals surface area contributed by atoms with Gasteiger partial charge in [0.05, 0.1) is 12.0 Å². The molecule has 0 aliphatic rings. The molecule has 0 atom stereocenters. The summed E-state index contributed by atoms with van der Waals surface area (Å²) in [6, 6.07) is 14.4. The zero-order valence-electron chi connectivity index (χ0n) is 13.5. The summed E-state index contributed by atoms with van der Waals surface area (Å²) in [5.74, 6) is 0.298. The summed E-state index contributed by atoms with van der Waals surface area (Å²) in [6.45, 7) is 0. The molecule has 6 nitrogen and oxygen atoms in total. The van der Waals surface area contributed by atoms with E-state index in [1.807, 2.05) is 0 Å².